The van der Waals surface area contributed by atoms with E-state index in [1.807, 2.05) is 48.5 Å². The third-order valence-electron chi connectivity index (χ3n) is 6.29. The molecule has 2 heterocycles. The van der Waals surface area contributed by atoms with Crippen LogP contribution >= 0.6 is 0 Å². The molecule has 5 rings (SSSR count). The predicted octanol–water partition coefficient (Wildman–Crippen LogP) is 4.94. The number of ether oxygens (including phenoxy) is 5. The average Bonchev–Trinajstić information content (AvgIpc) is 2.88. The second-order valence-corrected chi connectivity index (χ2v) is 8.16. The Morgan fingerprint density at radius 2 is 1.28 bits per heavy atom. The molecule has 0 aliphatic carbocycles. The Kier molecular flexibility index (Phi) is 6.35. The van der Waals surface area contributed by atoms with Gasteiger partial charge >= 0.3 is 0 Å². The summed E-state index contributed by atoms with van der Waals surface area (Å²) in [5.41, 5.74) is 4.36. The van der Waals surface area contributed by atoms with E-state index in [1.54, 1.807) is 14.2 Å². The first kappa shape index (κ1) is 21.3. The van der Waals surface area contributed by atoms with Crippen LogP contribution in [0.25, 0.3) is 11.1 Å². The lowest BCUT2D eigenvalue weighted by molar-refractivity contribution is -0.334. The summed E-state index contributed by atoms with van der Waals surface area (Å²) in [6, 6.07) is 28.7. The molecule has 0 unspecified atom stereocenters. The van der Waals surface area contributed by atoms with Crippen LogP contribution in [0, 0.1) is 0 Å². The van der Waals surface area contributed by atoms with Crippen molar-refractivity contribution in [1.29, 1.82) is 0 Å². The summed E-state index contributed by atoms with van der Waals surface area (Å²) in [6.07, 6.45) is -1.83. The number of methoxy groups -OCH3 is 2. The maximum Gasteiger partial charge on any atom is 0.184 e. The van der Waals surface area contributed by atoms with Gasteiger partial charge in [0.25, 0.3) is 0 Å². The van der Waals surface area contributed by atoms with E-state index in [2.05, 4.69) is 36.4 Å². The second kappa shape index (κ2) is 9.53. The maximum atomic E-state index is 6.42. The van der Waals surface area contributed by atoms with Crippen LogP contribution < -0.4 is 0 Å². The molecule has 166 valence electrons. The molecule has 0 bridgehead atoms. The molecule has 2 aliphatic heterocycles. The molecule has 0 aromatic heterocycles. The molecule has 2 aliphatic rings. The van der Waals surface area contributed by atoms with Gasteiger partial charge in [-0.25, -0.2) is 0 Å². The second-order valence-electron chi connectivity index (χ2n) is 8.16. The Hall–Kier alpha value is -2.54. The monoisotopic (exact) mass is 432 g/mol. The minimum absolute atomic E-state index is 0.239. The van der Waals surface area contributed by atoms with Crippen LogP contribution in [-0.4, -0.2) is 45.2 Å². The van der Waals surface area contributed by atoms with Gasteiger partial charge in [-0.05, 0) is 16.7 Å². The van der Waals surface area contributed by atoms with E-state index in [-0.39, 0.29) is 30.5 Å². The van der Waals surface area contributed by atoms with Gasteiger partial charge in [0, 0.05) is 19.8 Å². The molecule has 3 aromatic carbocycles. The topological polar surface area (TPSA) is 46.2 Å². The highest BCUT2D eigenvalue weighted by Gasteiger charge is 2.50. The predicted molar refractivity (Wildman–Crippen MR) is 121 cm³/mol. The van der Waals surface area contributed by atoms with Gasteiger partial charge < -0.3 is 23.7 Å². The largest absolute Gasteiger partial charge is 0.376 e. The van der Waals surface area contributed by atoms with Crippen LogP contribution in [0.3, 0.4) is 0 Å². The summed E-state index contributed by atoms with van der Waals surface area (Å²) in [5, 5.41) is 0. The molecule has 5 heteroatoms. The van der Waals surface area contributed by atoms with Crippen molar-refractivity contribution < 1.29 is 23.7 Å². The Morgan fingerprint density at radius 1 is 0.656 bits per heavy atom. The molecular formula is C27H28O5. The molecule has 0 amide bonds. The first-order chi connectivity index (χ1) is 15.8. The fourth-order valence-corrected chi connectivity index (χ4v) is 4.65. The summed E-state index contributed by atoms with van der Waals surface area (Å²) in [5.74, 6) is 0. The number of rotatable bonds is 5. The van der Waals surface area contributed by atoms with Gasteiger partial charge in [-0.1, -0.05) is 84.9 Å². The Balaban J connectivity index is 1.35. The lowest BCUT2D eigenvalue weighted by Crippen LogP contribution is -2.60. The van der Waals surface area contributed by atoms with Crippen molar-refractivity contribution in [3.8, 4) is 11.1 Å². The van der Waals surface area contributed by atoms with Gasteiger partial charge in [-0.2, -0.15) is 0 Å². The third kappa shape index (κ3) is 4.10. The smallest absolute Gasteiger partial charge is 0.184 e. The fraction of sp³-hybridized carbons (Fsp3) is 0.333. The summed E-state index contributed by atoms with van der Waals surface area (Å²) in [4.78, 5) is 0. The van der Waals surface area contributed by atoms with Crippen molar-refractivity contribution in [1.82, 2.24) is 0 Å². The fourth-order valence-electron chi connectivity index (χ4n) is 4.65. The molecular weight excluding hydrogens is 404 g/mol. The highest BCUT2D eigenvalue weighted by atomic mass is 16.7. The normalized spacial score (nSPS) is 29.9. The van der Waals surface area contributed by atoms with E-state index in [4.69, 9.17) is 23.7 Å². The van der Waals surface area contributed by atoms with Gasteiger partial charge in [0.1, 0.15) is 30.5 Å². The van der Waals surface area contributed by atoms with E-state index in [0.717, 1.165) is 16.7 Å². The third-order valence-corrected chi connectivity index (χ3v) is 6.29. The molecule has 5 nitrogen and oxygen atoms in total. The number of hydrogen-bond donors (Lipinski definition) is 0. The molecule has 0 saturated carbocycles. The molecule has 32 heavy (non-hydrogen) atoms. The molecule has 6 atom stereocenters. The Labute approximate surface area is 188 Å². The van der Waals surface area contributed by atoms with Gasteiger partial charge in [-0.15, -0.1) is 0 Å². The first-order valence-electron chi connectivity index (χ1n) is 11.0. The zero-order chi connectivity index (χ0) is 21.9. The Morgan fingerprint density at radius 3 is 1.94 bits per heavy atom. The maximum absolute atomic E-state index is 6.42. The van der Waals surface area contributed by atoms with Crippen LogP contribution in [0.2, 0.25) is 0 Å². The highest BCUT2D eigenvalue weighted by molar-refractivity contribution is 5.63. The minimum Gasteiger partial charge on any atom is -0.376 e. The first-order valence-corrected chi connectivity index (χ1v) is 11.0. The van der Waals surface area contributed by atoms with Crippen molar-refractivity contribution in [3.05, 3.63) is 96.1 Å². The van der Waals surface area contributed by atoms with Crippen molar-refractivity contribution >= 4 is 0 Å². The molecule has 2 saturated heterocycles. The lowest BCUT2D eigenvalue weighted by atomic mass is 9.90. The van der Waals surface area contributed by atoms with Crippen molar-refractivity contribution in [2.45, 2.75) is 36.8 Å². The van der Waals surface area contributed by atoms with Crippen LogP contribution in [0.15, 0.2) is 84.9 Å². The van der Waals surface area contributed by atoms with Crippen molar-refractivity contribution in [3.63, 3.8) is 0 Å². The molecule has 0 radical (unpaired) electrons. The number of fused-ring (bicyclic) bond motifs is 1. The average molecular weight is 433 g/mol. The summed E-state index contributed by atoms with van der Waals surface area (Å²) in [7, 11) is 3.39. The summed E-state index contributed by atoms with van der Waals surface area (Å²) in [6.45, 7) is 0.426. The summed E-state index contributed by atoms with van der Waals surface area (Å²) >= 11 is 0. The lowest BCUT2D eigenvalue weighted by Gasteiger charge is -2.48. The van der Waals surface area contributed by atoms with Gasteiger partial charge in [0.2, 0.25) is 0 Å². The molecule has 2 fully saturated rings. The molecule has 0 N–H and O–H groups in total. The van der Waals surface area contributed by atoms with Crippen LogP contribution in [0.5, 0.6) is 0 Å². The zero-order valence-electron chi connectivity index (χ0n) is 18.3. The van der Waals surface area contributed by atoms with E-state index in [0.29, 0.717) is 6.61 Å². The van der Waals surface area contributed by atoms with Crippen LogP contribution in [0.4, 0.5) is 0 Å². The van der Waals surface area contributed by atoms with Gasteiger partial charge in [0.15, 0.2) is 6.29 Å². The number of benzene rings is 3. The number of hydrogen-bond acceptors (Lipinski definition) is 5. The quantitative estimate of drug-likeness (QED) is 0.572. The highest BCUT2D eigenvalue weighted by Crippen LogP contribution is 2.41. The van der Waals surface area contributed by atoms with Crippen molar-refractivity contribution in [2.75, 3.05) is 20.8 Å². The van der Waals surface area contributed by atoms with E-state index >= 15 is 0 Å². The standard InChI is InChI=1S/C27H28O5/c1-28-25-23(20-11-7-4-8-12-20)31-22-17-30-27(32-24(22)26(25)29-2)21-15-13-19(14-16-21)18-9-5-3-6-10-18/h3-16,22-27H,17H2,1-2H3/t22-,23+,24-,25+,26+,27-/m1/s1. The zero-order valence-corrected chi connectivity index (χ0v) is 18.3. The van der Waals surface area contributed by atoms with Crippen molar-refractivity contribution in [2.24, 2.45) is 0 Å². The van der Waals surface area contributed by atoms with Crippen LogP contribution in [-0.2, 0) is 23.7 Å². The van der Waals surface area contributed by atoms with Gasteiger partial charge in [0.05, 0.1) is 6.61 Å². The van der Waals surface area contributed by atoms with E-state index in [9.17, 15) is 0 Å². The minimum atomic E-state index is -0.479. The summed E-state index contributed by atoms with van der Waals surface area (Å²) < 4.78 is 30.6. The SMILES string of the molecule is CO[C@@H]1[C@@H](OC)[C@H](c2ccccc2)O[C@@H]2CO[C@@H](c3ccc(-c4ccccc4)cc3)O[C@@H]12. The van der Waals surface area contributed by atoms with E-state index in [1.165, 1.54) is 5.56 Å². The Bertz CT molecular complexity index is 992. The molecule has 0 spiro atoms. The van der Waals surface area contributed by atoms with Gasteiger partial charge in [-0.3, -0.25) is 0 Å². The van der Waals surface area contributed by atoms with Crippen LogP contribution in [0.1, 0.15) is 23.5 Å². The molecule has 3 aromatic rings. The van der Waals surface area contributed by atoms with E-state index < -0.39 is 6.29 Å².